The molecule has 0 heterocycles. The first kappa shape index (κ1) is 16.3. The third kappa shape index (κ3) is 4.24. The van der Waals surface area contributed by atoms with Gasteiger partial charge in [-0.15, -0.1) is 0 Å². The number of hydrogen-bond donors (Lipinski definition) is 4. The van der Waals surface area contributed by atoms with E-state index in [9.17, 15) is 14.4 Å². The SMILES string of the molecule is O=C(Nc1cccc(C(=O)N[C@@H]2CC[C@H](C(=O)O)C2)c1)NC1CC1. The van der Waals surface area contributed by atoms with Gasteiger partial charge < -0.3 is 21.1 Å². The Morgan fingerprint density at radius 1 is 1.00 bits per heavy atom. The Hall–Kier alpha value is -2.57. The van der Waals surface area contributed by atoms with Crippen molar-refractivity contribution in [3.05, 3.63) is 29.8 Å². The van der Waals surface area contributed by atoms with Gasteiger partial charge in [0.05, 0.1) is 5.92 Å². The minimum absolute atomic E-state index is 0.117. The summed E-state index contributed by atoms with van der Waals surface area (Å²) in [5, 5.41) is 17.4. The van der Waals surface area contributed by atoms with E-state index in [-0.39, 0.29) is 29.9 Å². The highest BCUT2D eigenvalue weighted by Gasteiger charge is 2.30. The van der Waals surface area contributed by atoms with Gasteiger partial charge in [-0.2, -0.15) is 0 Å². The van der Waals surface area contributed by atoms with E-state index >= 15 is 0 Å². The summed E-state index contributed by atoms with van der Waals surface area (Å²) in [6, 6.07) is 6.59. The number of aliphatic carboxylic acids is 1. The molecule has 7 heteroatoms. The number of anilines is 1. The fourth-order valence-electron chi connectivity index (χ4n) is 2.92. The van der Waals surface area contributed by atoms with Crippen LogP contribution < -0.4 is 16.0 Å². The molecule has 0 radical (unpaired) electrons. The molecule has 0 aliphatic heterocycles. The van der Waals surface area contributed by atoms with E-state index in [4.69, 9.17) is 5.11 Å². The molecule has 0 bridgehead atoms. The Kier molecular flexibility index (Phi) is 4.69. The molecule has 1 aromatic rings. The maximum atomic E-state index is 12.3. The molecular formula is C17H21N3O4. The molecular weight excluding hydrogens is 310 g/mol. The van der Waals surface area contributed by atoms with E-state index < -0.39 is 5.97 Å². The topological polar surface area (TPSA) is 108 Å². The highest BCUT2D eigenvalue weighted by atomic mass is 16.4. The van der Waals surface area contributed by atoms with Crippen molar-refractivity contribution in [1.82, 2.24) is 10.6 Å². The van der Waals surface area contributed by atoms with Crippen molar-refractivity contribution >= 4 is 23.6 Å². The minimum Gasteiger partial charge on any atom is -0.481 e. The number of urea groups is 1. The first-order chi connectivity index (χ1) is 11.5. The molecule has 2 saturated carbocycles. The number of carboxylic acid groups (broad SMARTS) is 1. The number of benzene rings is 1. The number of carboxylic acids is 1. The van der Waals surface area contributed by atoms with Crippen molar-refractivity contribution < 1.29 is 19.5 Å². The Labute approximate surface area is 139 Å². The second kappa shape index (κ2) is 6.90. The molecule has 0 unspecified atom stereocenters. The maximum Gasteiger partial charge on any atom is 0.319 e. The summed E-state index contributed by atoms with van der Waals surface area (Å²) in [4.78, 5) is 35.0. The average molecular weight is 331 g/mol. The van der Waals surface area contributed by atoms with Gasteiger partial charge in [0, 0.05) is 23.3 Å². The van der Waals surface area contributed by atoms with Gasteiger partial charge in [0.25, 0.3) is 5.91 Å². The summed E-state index contributed by atoms with van der Waals surface area (Å²) in [6.07, 6.45) is 3.74. The maximum absolute atomic E-state index is 12.3. The Morgan fingerprint density at radius 3 is 2.42 bits per heavy atom. The zero-order valence-electron chi connectivity index (χ0n) is 13.2. The van der Waals surface area contributed by atoms with Crippen LogP contribution in [0.1, 0.15) is 42.5 Å². The fourth-order valence-corrected chi connectivity index (χ4v) is 2.92. The molecule has 4 N–H and O–H groups in total. The molecule has 0 aromatic heterocycles. The predicted octanol–water partition coefficient (Wildman–Crippen LogP) is 1.95. The lowest BCUT2D eigenvalue weighted by Gasteiger charge is -2.13. The van der Waals surface area contributed by atoms with Gasteiger partial charge in [-0.1, -0.05) is 6.07 Å². The van der Waals surface area contributed by atoms with Gasteiger partial charge in [0.2, 0.25) is 0 Å². The first-order valence-corrected chi connectivity index (χ1v) is 8.22. The summed E-state index contributed by atoms with van der Waals surface area (Å²) >= 11 is 0. The number of carbonyl (C=O) groups excluding carboxylic acids is 2. The highest BCUT2D eigenvalue weighted by molar-refractivity contribution is 5.97. The van der Waals surface area contributed by atoms with Gasteiger partial charge in [0.15, 0.2) is 0 Å². The number of carbonyl (C=O) groups is 3. The van der Waals surface area contributed by atoms with Gasteiger partial charge >= 0.3 is 12.0 Å². The van der Waals surface area contributed by atoms with Crippen molar-refractivity contribution in [3.63, 3.8) is 0 Å². The Balaban J connectivity index is 1.55. The van der Waals surface area contributed by atoms with Gasteiger partial charge in [0.1, 0.15) is 0 Å². The summed E-state index contributed by atoms with van der Waals surface area (Å²) < 4.78 is 0. The third-order valence-corrected chi connectivity index (χ3v) is 4.41. The van der Waals surface area contributed by atoms with Crippen LogP contribution in [-0.4, -0.2) is 35.1 Å². The van der Waals surface area contributed by atoms with E-state index in [1.54, 1.807) is 24.3 Å². The summed E-state index contributed by atoms with van der Waals surface area (Å²) in [7, 11) is 0. The van der Waals surface area contributed by atoms with Gasteiger partial charge in [-0.25, -0.2) is 4.79 Å². The predicted molar refractivity (Wildman–Crippen MR) is 87.8 cm³/mol. The van der Waals surface area contributed by atoms with Crippen LogP contribution in [0.25, 0.3) is 0 Å². The second-order valence-electron chi connectivity index (χ2n) is 6.47. The van der Waals surface area contributed by atoms with E-state index in [1.165, 1.54) is 0 Å². The Bertz CT molecular complexity index is 657. The molecule has 2 aliphatic rings. The van der Waals surface area contributed by atoms with Gasteiger partial charge in [-0.3, -0.25) is 9.59 Å². The summed E-state index contributed by atoms with van der Waals surface area (Å²) in [5.74, 6) is -1.44. The molecule has 2 atom stereocenters. The fraction of sp³-hybridized carbons (Fsp3) is 0.471. The smallest absolute Gasteiger partial charge is 0.319 e. The molecule has 3 rings (SSSR count). The van der Waals surface area contributed by atoms with Crippen LogP contribution in [0.2, 0.25) is 0 Å². The van der Waals surface area contributed by atoms with Crippen molar-refractivity contribution in [2.24, 2.45) is 5.92 Å². The van der Waals surface area contributed by atoms with E-state index in [0.29, 0.717) is 30.5 Å². The van der Waals surface area contributed by atoms with Crippen molar-refractivity contribution in [1.29, 1.82) is 0 Å². The molecule has 2 fully saturated rings. The van der Waals surface area contributed by atoms with Crippen LogP contribution in [0.5, 0.6) is 0 Å². The van der Waals surface area contributed by atoms with Crippen LogP contribution in [0, 0.1) is 5.92 Å². The van der Waals surface area contributed by atoms with Crippen molar-refractivity contribution in [3.8, 4) is 0 Å². The standard InChI is InChI=1S/C17H21N3O4/c21-15(18-14-5-4-11(9-14)16(22)23)10-2-1-3-13(8-10)20-17(24)19-12-6-7-12/h1-3,8,11-12,14H,4-7,9H2,(H,18,21)(H,22,23)(H2,19,20,24)/t11-,14+/m0/s1. The number of amides is 3. The number of hydrogen-bond acceptors (Lipinski definition) is 3. The van der Waals surface area contributed by atoms with Crippen LogP contribution in [-0.2, 0) is 4.79 Å². The van der Waals surface area contributed by atoms with Gasteiger partial charge in [-0.05, 0) is 50.3 Å². The molecule has 7 nitrogen and oxygen atoms in total. The van der Waals surface area contributed by atoms with Crippen molar-refractivity contribution in [2.45, 2.75) is 44.2 Å². The van der Waals surface area contributed by atoms with Crippen molar-refractivity contribution in [2.75, 3.05) is 5.32 Å². The minimum atomic E-state index is -0.806. The molecule has 128 valence electrons. The van der Waals surface area contributed by atoms with Crippen LogP contribution in [0.4, 0.5) is 10.5 Å². The molecule has 2 aliphatic carbocycles. The second-order valence-corrected chi connectivity index (χ2v) is 6.47. The molecule has 3 amide bonds. The number of nitrogens with one attached hydrogen (secondary N) is 3. The molecule has 0 saturated heterocycles. The monoisotopic (exact) mass is 331 g/mol. The van der Waals surface area contributed by atoms with E-state index in [0.717, 1.165) is 12.8 Å². The lowest BCUT2D eigenvalue weighted by Crippen LogP contribution is -2.33. The number of rotatable bonds is 5. The van der Waals surface area contributed by atoms with E-state index in [1.807, 2.05) is 0 Å². The zero-order chi connectivity index (χ0) is 17.1. The molecule has 1 aromatic carbocycles. The largest absolute Gasteiger partial charge is 0.481 e. The van der Waals surface area contributed by atoms with Crippen LogP contribution in [0.3, 0.4) is 0 Å². The molecule has 24 heavy (non-hydrogen) atoms. The Morgan fingerprint density at radius 2 is 1.75 bits per heavy atom. The third-order valence-electron chi connectivity index (χ3n) is 4.41. The van der Waals surface area contributed by atoms with E-state index in [2.05, 4.69) is 16.0 Å². The summed E-state index contributed by atoms with van der Waals surface area (Å²) in [6.45, 7) is 0. The summed E-state index contributed by atoms with van der Waals surface area (Å²) in [5.41, 5.74) is 0.994. The zero-order valence-corrected chi connectivity index (χ0v) is 13.2. The normalized spacial score (nSPS) is 22.7. The lowest BCUT2D eigenvalue weighted by molar-refractivity contribution is -0.141. The quantitative estimate of drug-likeness (QED) is 0.661. The first-order valence-electron chi connectivity index (χ1n) is 8.22. The highest BCUT2D eigenvalue weighted by Crippen LogP contribution is 2.26. The average Bonchev–Trinajstić information content (AvgIpc) is 3.22. The lowest BCUT2D eigenvalue weighted by atomic mass is 10.1. The van der Waals surface area contributed by atoms with Crippen LogP contribution in [0.15, 0.2) is 24.3 Å². The molecule has 0 spiro atoms. The van der Waals surface area contributed by atoms with Crippen LogP contribution >= 0.6 is 0 Å².